The summed E-state index contributed by atoms with van der Waals surface area (Å²) < 4.78 is 15.5. The zero-order chi connectivity index (χ0) is 10.9. The number of hydrogen-bond donors (Lipinski definition) is 1. The van der Waals surface area contributed by atoms with Crippen LogP contribution in [0.4, 0.5) is 0 Å². The first-order chi connectivity index (χ1) is 7.38. The molecule has 1 rings (SSSR count). The lowest BCUT2D eigenvalue weighted by molar-refractivity contribution is -0.0399. The molecular formula is C10H21NO4. The minimum absolute atomic E-state index is 0.129. The number of methoxy groups -OCH3 is 1. The fourth-order valence-electron chi connectivity index (χ4n) is 1.58. The van der Waals surface area contributed by atoms with Gasteiger partial charge >= 0.3 is 0 Å². The Bertz CT molecular complexity index is 156. The van der Waals surface area contributed by atoms with Gasteiger partial charge in [-0.1, -0.05) is 0 Å². The van der Waals surface area contributed by atoms with Gasteiger partial charge in [-0.15, -0.1) is 0 Å². The Hall–Kier alpha value is -0.200. The van der Waals surface area contributed by atoms with Crippen LogP contribution in [0, 0.1) is 0 Å². The summed E-state index contributed by atoms with van der Waals surface area (Å²) in [7, 11) is 1.66. The van der Waals surface area contributed by atoms with Gasteiger partial charge in [-0.25, -0.2) is 0 Å². The first-order valence-electron chi connectivity index (χ1n) is 5.38. The first kappa shape index (κ1) is 12.9. The second kappa shape index (κ2) is 8.01. The molecule has 15 heavy (non-hydrogen) atoms. The largest absolute Gasteiger partial charge is 0.395 e. The van der Waals surface area contributed by atoms with Gasteiger partial charge in [0.25, 0.3) is 0 Å². The molecule has 1 saturated heterocycles. The molecule has 90 valence electrons. The van der Waals surface area contributed by atoms with Crippen LogP contribution in [0.25, 0.3) is 0 Å². The number of aliphatic hydroxyl groups excluding tert-OH is 1. The van der Waals surface area contributed by atoms with Crippen molar-refractivity contribution in [2.75, 3.05) is 59.8 Å². The lowest BCUT2D eigenvalue weighted by atomic mass is 10.2. The highest BCUT2D eigenvalue weighted by molar-refractivity contribution is 4.73. The minimum atomic E-state index is 0.129. The normalized spacial score (nSPS) is 23.2. The maximum absolute atomic E-state index is 9.12. The summed E-state index contributed by atoms with van der Waals surface area (Å²) in [5, 5.41) is 9.12. The van der Waals surface area contributed by atoms with Gasteiger partial charge in [0.15, 0.2) is 0 Å². The van der Waals surface area contributed by atoms with E-state index in [2.05, 4.69) is 4.90 Å². The lowest BCUT2D eigenvalue weighted by Gasteiger charge is -2.34. The maximum atomic E-state index is 9.12. The molecular weight excluding hydrogens is 198 g/mol. The third kappa shape index (κ3) is 4.90. The van der Waals surface area contributed by atoms with Gasteiger partial charge in [-0.05, 0) is 0 Å². The highest BCUT2D eigenvalue weighted by Gasteiger charge is 2.21. The summed E-state index contributed by atoms with van der Waals surface area (Å²) in [4.78, 5) is 2.20. The van der Waals surface area contributed by atoms with Crippen molar-refractivity contribution in [3.63, 3.8) is 0 Å². The molecule has 1 fully saturated rings. The van der Waals surface area contributed by atoms with Gasteiger partial charge in [0.05, 0.1) is 45.7 Å². The molecule has 0 saturated carbocycles. The molecule has 0 spiro atoms. The predicted octanol–water partition coefficient (Wildman–Crippen LogP) is -0.657. The Morgan fingerprint density at radius 2 is 2.27 bits per heavy atom. The molecule has 1 N–H and O–H groups in total. The third-order valence-corrected chi connectivity index (χ3v) is 2.51. The van der Waals surface area contributed by atoms with E-state index in [4.69, 9.17) is 19.3 Å². The molecule has 1 atom stereocenters. The second-order valence-corrected chi connectivity index (χ2v) is 3.55. The van der Waals surface area contributed by atoms with Crippen molar-refractivity contribution < 1.29 is 19.3 Å². The van der Waals surface area contributed by atoms with E-state index in [1.54, 1.807) is 7.11 Å². The molecule has 0 aliphatic carbocycles. The quantitative estimate of drug-likeness (QED) is 0.576. The van der Waals surface area contributed by atoms with Crippen molar-refractivity contribution in [1.29, 1.82) is 0 Å². The topological polar surface area (TPSA) is 51.2 Å². The summed E-state index contributed by atoms with van der Waals surface area (Å²) in [6, 6.07) is 0.129. The third-order valence-electron chi connectivity index (χ3n) is 2.51. The summed E-state index contributed by atoms with van der Waals surface area (Å²) in [5.41, 5.74) is 0. The van der Waals surface area contributed by atoms with E-state index in [1.165, 1.54) is 0 Å². The molecule has 0 amide bonds. The van der Waals surface area contributed by atoms with Crippen LogP contribution in [0.3, 0.4) is 0 Å². The Balaban J connectivity index is 2.07. The fraction of sp³-hybridized carbons (Fsp3) is 1.00. The van der Waals surface area contributed by atoms with Crippen LogP contribution in [0.2, 0.25) is 0 Å². The molecule has 1 unspecified atom stereocenters. The van der Waals surface area contributed by atoms with Crippen LogP contribution in [0.5, 0.6) is 0 Å². The number of ether oxygens (including phenoxy) is 3. The molecule has 5 heteroatoms. The van der Waals surface area contributed by atoms with Crippen molar-refractivity contribution in [1.82, 2.24) is 4.90 Å². The highest BCUT2D eigenvalue weighted by atomic mass is 16.5. The summed E-state index contributed by atoms with van der Waals surface area (Å²) in [6.45, 7) is 5.18. The van der Waals surface area contributed by atoms with E-state index in [0.29, 0.717) is 26.4 Å². The smallest absolute Gasteiger partial charge is 0.0700 e. The van der Waals surface area contributed by atoms with Gasteiger partial charge in [0.2, 0.25) is 0 Å². The van der Waals surface area contributed by atoms with E-state index in [9.17, 15) is 0 Å². The van der Waals surface area contributed by atoms with Crippen molar-refractivity contribution in [2.45, 2.75) is 6.04 Å². The van der Waals surface area contributed by atoms with Gasteiger partial charge in [0, 0.05) is 20.2 Å². The molecule has 1 aliphatic heterocycles. The molecule has 0 bridgehead atoms. The average Bonchev–Trinajstić information content (AvgIpc) is 2.29. The molecule has 0 radical (unpaired) electrons. The average molecular weight is 219 g/mol. The SMILES string of the molecule is COCCOCCN1CCOCC1CO. The molecule has 0 aromatic rings. The van der Waals surface area contributed by atoms with Crippen LogP contribution < -0.4 is 0 Å². The van der Waals surface area contributed by atoms with Gasteiger partial charge < -0.3 is 19.3 Å². The van der Waals surface area contributed by atoms with Crippen molar-refractivity contribution in [2.24, 2.45) is 0 Å². The predicted molar refractivity (Wildman–Crippen MR) is 56.0 cm³/mol. The van der Waals surface area contributed by atoms with Crippen molar-refractivity contribution in [3.8, 4) is 0 Å². The van der Waals surface area contributed by atoms with Crippen molar-refractivity contribution >= 4 is 0 Å². The number of rotatable bonds is 7. The highest BCUT2D eigenvalue weighted by Crippen LogP contribution is 2.05. The number of morpholine rings is 1. The zero-order valence-electron chi connectivity index (χ0n) is 9.35. The van der Waals surface area contributed by atoms with Crippen molar-refractivity contribution in [3.05, 3.63) is 0 Å². The molecule has 1 heterocycles. The van der Waals surface area contributed by atoms with Crippen LogP contribution in [-0.2, 0) is 14.2 Å². The zero-order valence-corrected chi connectivity index (χ0v) is 9.35. The Morgan fingerprint density at radius 3 is 3.00 bits per heavy atom. The van der Waals surface area contributed by atoms with Gasteiger partial charge in [0.1, 0.15) is 0 Å². The van der Waals surface area contributed by atoms with Gasteiger partial charge in [-0.2, -0.15) is 0 Å². The first-order valence-corrected chi connectivity index (χ1v) is 5.38. The van der Waals surface area contributed by atoms with E-state index in [0.717, 1.165) is 19.7 Å². The van der Waals surface area contributed by atoms with Crippen LogP contribution >= 0.6 is 0 Å². The Kier molecular flexibility index (Phi) is 6.87. The molecule has 5 nitrogen and oxygen atoms in total. The van der Waals surface area contributed by atoms with Crippen LogP contribution in [0.1, 0.15) is 0 Å². The Labute approximate surface area is 90.9 Å². The number of nitrogens with zero attached hydrogens (tertiary/aromatic N) is 1. The number of hydrogen-bond acceptors (Lipinski definition) is 5. The minimum Gasteiger partial charge on any atom is -0.395 e. The second-order valence-electron chi connectivity index (χ2n) is 3.55. The fourth-order valence-corrected chi connectivity index (χ4v) is 1.58. The summed E-state index contributed by atoms with van der Waals surface area (Å²) in [5.74, 6) is 0. The lowest BCUT2D eigenvalue weighted by Crippen LogP contribution is -2.48. The number of aliphatic hydroxyl groups is 1. The van der Waals surface area contributed by atoms with E-state index < -0.39 is 0 Å². The standard InChI is InChI=1S/C10H21NO4/c1-13-6-7-14-4-2-11-3-5-15-9-10(11)8-12/h10,12H,2-9H2,1H3. The van der Waals surface area contributed by atoms with Crippen LogP contribution in [-0.4, -0.2) is 75.9 Å². The molecule has 1 aliphatic rings. The monoisotopic (exact) mass is 219 g/mol. The Morgan fingerprint density at radius 1 is 1.40 bits per heavy atom. The van der Waals surface area contributed by atoms with Crippen LogP contribution in [0.15, 0.2) is 0 Å². The van der Waals surface area contributed by atoms with E-state index >= 15 is 0 Å². The van der Waals surface area contributed by atoms with E-state index in [1.807, 2.05) is 0 Å². The summed E-state index contributed by atoms with van der Waals surface area (Å²) >= 11 is 0. The summed E-state index contributed by atoms with van der Waals surface area (Å²) in [6.07, 6.45) is 0. The van der Waals surface area contributed by atoms with E-state index in [-0.39, 0.29) is 12.6 Å². The molecule has 0 aromatic heterocycles. The maximum Gasteiger partial charge on any atom is 0.0700 e. The molecule has 0 aromatic carbocycles. The van der Waals surface area contributed by atoms with Gasteiger partial charge in [-0.3, -0.25) is 4.90 Å².